The summed E-state index contributed by atoms with van der Waals surface area (Å²) in [6, 6.07) is 1.66. The van der Waals surface area contributed by atoms with E-state index in [1.165, 1.54) is 0 Å². The maximum atomic E-state index is 5.13. The summed E-state index contributed by atoms with van der Waals surface area (Å²) in [7, 11) is 3.16. The van der Waals surface area contributed by atoms with Crippen LogP contribution in [0.25, 0.3) is 0 Å². The standard InChI is InChI=1S/C14H25N3O2/c1-9(2)11(10(3)4)8-15-14-16-12(18-5)7-13(17-14)19-6/h7,9-11H,8H2,1-6H3,(H,15,16,17). The van der Waals surface area contributed by atoms with Gasteiger partial charge in [0.2, 0.25) is 17.7 Å². The molecule has 108 valence electrons. The number of ether oxygens (including phenoxy) is 2. The molecule has 0 saturated carbocycles. The molecule has 1 aromatic rings. The molecule has 5 heteroatoms. The zero-order chi connectivity index (χ0) is 14.4. The first-order chi connectivity index (χ1) is 8.97. The van der Waals surface area contributed by atoms with E-state index in [-0.39, 0.29) is 0 Å². The molecule has 1 heterocycles. The summed E-state index contributed by atoms with van der Waals surface area (Å²) in [6.45, 7) is 9.78. The second kappa shape index (κ2) is 7.16. The van der Waals surface area contributed by atoms with E-state index in [4.69, 9.17) is 9.47 Å². The van der Waals surface area contributed by atoms with Gasteiger partial charge in [-0.05, 0) is 17.8 Å². The molecule has 1 N–H and O–H groups in total. The lowest BCUT2D eigenvalue weighted by Crippen LogP contribution is -2.25. The summed E-state index contributed by atoms with van der Waals surface area (Å²) in [5.41, 5.74) is 0. The topological polar surface area (TPSA) is 56.3 Å². The summed E-state index contributed by atoms with van der Waals surface area (Å²) >= 11 is 0. The van der Waals surface area contributed by atoms with Crippen LogP contribution in [0.1, 0.15) is 27.7 Å². The monoisotopic (exact) mass is 267 g/mol. The van der Waals surface area contributed by atoms with Gasteiger partial charge in [-0.25, -0.2) is 0 Å². The number of hydrogen-bond donors (Lipinski definition) is 1. The molecule has 0 unspecified atom stereocenters. The first kappa shape index (κ1) is 15.5. The van der Waals surface area contributed by atoms with Gasteiger partial charge in [-0.3, -0.25) is 0 Å². The van der Waals surface area contributed by atoms with Crippen LogP contribution in [0.3, 0.4) is 0 Å². The zero-order valence-electron chi connectivity index (χ0n) is 12.7. The van der Waals surface area contributed by atoms with Crippen molar-refractivity contribution in [2.45, 2.75) is 27.7 Å². The predicted octanol–water partition coefficient (Wildman–Crippen LogP) is 2.83. The van der Waals surface area contributed by atoms with Crippen LogP contribution in [0, 0.1) is 17.8 Å². The van der Waals surface area contributed by atoms with E-state index in [0.717, 1.165) is 6.54 Å². The first-order valence-corrected chi connectivity index (χ1v) is 6.68. The van der Waals surface area contributed by atoms with Crippen molar-refractivity contribution in [3.63, 3.8) is 0 Å². The average molecular weight is 267 g/mol. The number of methoxy groups -OCH3 is 2. The second-order valence-electron chi connectivity index (χ2n) is 5.31. The Kier molecular flexibility index (Phi) is 5.86. The highest BCUT2D eigenvalue weighted by Crippen LogP contribution is 2.22. The van der Waals surface area contributed by atoms with Crippen LogP contribution in [-0.4, -0.2) is 30.7 Å². The third kappa shape index (κ3) is 4.58. The maximum absolute atomic E-state index is 5.13. The van der Waals surface area contributed by atoms with E-state index >= 15 is 0 Å². The molecule has 0 aliphatic heterocycles. The van der Waals surface area contributed by atoms with Crippen LogP contribution in [0.5, 0.6) is 11.8 Å². The molecule has 0 amide bonds. The van der Waals surface area contributed by atoms with Crippen molar-refractivity contribution in [1.29, 1.82) is 0 Å². The molecule has 1 rings (SSSR count). The van der Waals surface area contributed by atoms with Crippen LogP contribution in [0.2, 0.25) is 0 Å². The SMILES string of the molecule is COc1cc(OC)nc(NCC(C(C)C)C(C)C)n1. The summed E-state index contributed by atoms with van der Waals surface area (Å²) in [5.74, 6) is 3.34. The maximum Gasteiger partial charge on any atom is 0.229 e. The molecule has 0 aromatic carbocycles. The van der Waals surface area contributed by atoms with E-state index in [9.17, 15) is 0 Å². The Morgan fingerprint density at radius 2 is 1.47 bits per heavy atom. The number of rotatable bonds is 7. The molecule has 0 aliphatic rings. The van der Waals surface area contributed by atoms with Crippen LogP contribution in [0.15, 0.2) is 6.07 Å². The van der Waals surface area contributed by atoms with Crippen LogP contribution >= 0.6 is 0 Å². The van der Waals surface area contributed by atoms with Gasteiger partial charge in [-0.2, -0.15) is 9.97 Å². The van der Waals surface area contributed by atoms with Gasteiger partial charge < -0.3 is 14.8 Å². The molecular weight excluding hydrogens is 242 g/mol. The molecule has 0 aliphatic carbocycles. The average Bonchev–Trinajstić information content (AvgIpc) is 2.37. The fourth-order valence-electron chi connectivity index (χ4n) is 2.14. The normalized spacial score (nSPS) is 11.2. The van der Waals surface area contributed by atoms with Crippen molar-refractivity contribution < 1.29 is 9.47 Å². The zero-order valence-corrected chi connectivity index (χ0v) is 12.7. The van der Waals surface area contributed by atoms with Gasteiger partial charge in [-0.15, -0.1) is 0 Å². The Morgan fingerprint density at radius 3 is 1.84 bits per heavy atom. The molecule has 0 atom stereocenters. The molecule has 0 bridgehead atoms. The van der Waals surface area contributed by atoms with E-state index in [1.807, 2.05) is 0 Å². The second-order valence-corrected chi connectivity index (χ2v) is 5.31. The van der Waals surface area contributed by atoms with Gasteiger partial charge in [0.05, 0.1) is 20.3 Å². The minimum atomic E-state index is 0.500. The molecule has 0 fully saturated rings. The molecular formula is C14H25N3O2. The fraction of sp³-hybridized carbons (Fsp3) is 0.714. The third-order valence-electron chi connectivity index (χ3n) is 3.31. The Morgan fingerprint density at radius 1 is 1.00 bits per heavy atom. The molecule has 0 saturated heterocycles. The summed E-state index contributed by atoms with van der Waals surface area (Å²) in [6.07, 6.45) is 0. The van der Waals surface area contributed by atoms with E-state index in [1.54, 1.807) is 20.3 Å². The smallest absolute Gasteiger partial charge is 0.229 e. The minimum absolute atomic E-state index is 0.500. The highest BCUT2D eigenvalue weighted by molar-refractivity contribution is 5.33. The van der Waals surface area contributed by atoms with E-state index in [0.29, 0.717) is 35.5 Å². The van der Waals surface area contributed by atoms with Gasteiger partial charge in [0.1, 0.15) is 0 Å². The van der Waals surface area contributed by atoms with Gasteiger partial charge in [0, 0.05) is 6.54 Å². The predicted molar refractivity (Wildman–Crippen MR) is 76.8 cm³/mol. The Labute approximate surface area is 115 Å². The first-order valence-electron chi connectivity index (χ1n) is 6.68. The fourth-order valence-corrected chi connectivity index (χ4v) is 2.14. The van der Waals surface area contributed by atoms with Crippen molar-refractivity contribution in [2.24, 2.45) is 17.8 Å². The third-order valence-corrected chi connectivity index (χ3v) is 3.31. The van der Waals surface area contributed by atoms with E-state index in [2.05, 4.69) is 43.0 Å². The Bertz CT molecular complexity index is 364. The summed E-state index contributed by atoms with van der Waals surface area (Å²) < 4.78 is 10.3. The quantitative estimate of drug-likeness (QED) is 0.823. The van der Waals surface area contributed by atoms with Crippen molar-refractivity contribution in [1.82, 2.24) is 9.97 Å². The molecule has 0 radical (unpaired) electrons. The highest BCUT2D eigenvalue weighted by atomic mass is 16.5. The lowest BCUT2D eigenvalue weighted by Gasteiger charge is -2.25. The van der Waals surface area contributed by atoms with Crippen molar-refractivity contribution in [3.05, 3.63) is 6.07 Å². The molecule has 1 aromatic heterocycles. The van der Waals surface area contributed by atoms with Crippen LogP contribution in [-0.2, 0) is 0 Å². The number of anilines is 1. The number of nitrogens with one attached hydrogen (secondary N) is 1. The summed E-state index contributed by atoms with van der Waals surface area (Å²) in [5, 5.41) is 3.27. The van der Waals surface area contributed by atoms with Gasteiger partial charge in [0.25, 0.3) is 0 Å². The molecule has 0 spiro atoms. The van der Waals surface area contributed by atoms with Crippen molar-refractivity contribution in [2.75, 3.05) is 26.1 Å². The van der Waals surface area contributed by atoms with Gasteiger partial charge in [-0.1, -0.05) is 27.7 Å². The van der Waals surface area contributed by atoms with Gasteiger partial charge >= 0.3 is 0 Å². The largest absolute Gasteiger partial charge is 0.481 e. The molecule has 19 heavy (non-hydrogen) atoms. The Balaban J connectivity index is 2.76. The highest BCUT2D eigenvalue weighted by Gasteiger charge is 2.17. The van der Waals surface area contributed by atoms with Crippen molar-refractivity contribution >= 4 is 5.95 Å². The Hall–Kier alpha value is -1.52. The number of nitrogens with zero attached hydrogens (tertiary/aromatic N) is 2. The van der Waals surface area contributed by atoms with Gasteiger partial charge in [0.15, 0.2) is 0 Å². The van der Waals surface area contributed by atoms with Crippen molar-refractivity contribution in [3.8, 4) is 11.8 Å². The summed E-state index contributed by atoms with van der Waals surface area (Å²) in [4.78, 5) is 8.53. The molecule has 5 nitrogen and oxygen atoms in total. The number of aromatic nitrogens is 2. The van der Waals surface area contributed by atoms with E-state index < -0.39 is 0 Å². The van der Waals surface area contributed by atoms with Crippen LogP contribution in [0.4, 0.5) is 5.95 Å². The lowest BCUT2D eigenvalue weighted by molar-refractivity contribution is 0.303. The number of hydrogen-bond acceptors (Lipinski definition) is 5. The minimum Gasteiger partial charge on any atom is -0.481 e. The lowest BCUT2D eigenvalue weighted by atomic mass is 9.85. The van der Waals surface area contributed by atoms with Crippen LogP contribution < -0.4 is 14.8 Å².